The van der Waals surface area contributed by atoms with Crippen molar-refractivity contribution in [1.82, 2.24) is 9.80 Å². The lowest BCUT2D eigenvalue weighted by atomic mass is 10.1. The fourth-order valence-corrected chi connectivity index (χ4v) is 2.21. The zero-order valence-electron chi connectivity index (χ0n) is 12.5. The van der Waals surface area contributed by atoms with Gasteiger partial charge in [-0.05, 0) is 18.2 Å². The quantitative estimate of drug-likeness (QED) is 0.868. The van der Waals surface area contributed by atoms with Gasteiger partial charge in [0.05, 0.1) is 13.2 Å². The van der Waals surface area contributed by atoms with Crippen molar-refractivity contribution in [3.8, 4) is 0 Å². The van der Waals surface area contributed by atoms with Gasteiger partial charge in [0.25, 0.3) is 11.8 Å². The molecule has 2 amide bonds. The summed E-state index contributed by atoms with van der Waals surface area (Å²) in [6.07, 6.45) is -1.01. The number of nitrogens with zero attached hydrogens (tertiary/aromatic N) is 2. The average Bonchev–Trinajstić information content (AvgIpc) is 2.53. The number of carbonyl (C=O) groups is 3. The normalized spacial score (nSPS) is 17.9. The van der Waals surface area contributed by atoms with Crippen molar-refractivity contribution >= 4 is 17.8 Å². The molecular formula is C15H18N2O5. The number of amides is 2. The molecule has 1 fully saturated rings. The van der Waals surface area contributed by atoms with E-state index in [-0.39, 0.29) is 25.0 Å². The van der Waals surface area contributed by atoms with Crippen molar-refractivity contribution in [2.45, 2.75) is 6.10 Å². The second-order valence-corrected chi connectivity index (χ2v) is 5.23. The van der Waals surface area contributed by atoms with Crippen molar-refractivity contribution in [2.75, 3.05) is 33.8 Å². The van der Waals surface area contributed by atoms with Crippen LogP contribution in [0.3, 0.4) is 0 Å². The Morgan fingerprint density at radius 2 is 1.95 bits per heavy atom. The van der Waals surface area contributed by atoms with E-state index >= 15 is 0 Å². The summed E-state index contributed by atoms with van der Waals surface area (Å²) in [6.45, 7) is 0.507. The Bertz CT molecular complexity index is 599. The minimum Gasteiger partial charge on any atom is -0.479 e. The predicted molar refractivity (Wildman–Crippen MR) is 77.7 cm³/mol. The molecule has 0 aliphatic carbocycles. The fourth-order valence-electron chi connectivity index (χ4n) is 2.21. The number of hydrogen-bond donors (Lipinski definition) is 1. The molecule has 0 bridgehead atoms. The van der Waals surface area contributed by atoms with Crippen molar-refractivity contribution < 1.29 is 24.2 Å². The zero-order chi connectivity index (χ0) is 16.3. The number of morpholine rings is 1. The molecule has 1 N–H and O–H groups in total. The van der Waals surface area contributed by atoms with Crippen LogP contribution < -0.4 is 0 Å². The standard InChI is InChI=1S/C15H18N2O5/c1-16(2)13(18)10-4-3-5-11(8-10)14(19)17-6-7-22-12(9-17)15(20)21/h3-5,8,12H,6-7,9H2,1-2H3,(H,20,21). The summed E-state index contributed by atoms with van der Waals surface area (Å²) in [5, 5.41) is 8.97. The number of rotatable bonds is 3. The second kappa shape index (κ2) is 6.57. The Morgan fingerprint density at radius 1 is 1.27 bits per heavy atom. The van der Waals surface area contributed by atoms with Crippen LogP contribution >= 0.6 is 0 Å². The molecule has 1 aromatic carbocycles. The van der Waals surface area contributed by atoms with E-state index in [1.165, 1.54) is 15.9 Å². The van der Waals surface area contributed by atoms with E-state index < -0.39 is 12.1 Å². The average molecular weight is 306 g/mol. The van der Waals surface area contributed by atoms with E-state index in [4.69, 9.17) is 9.84 Å². The van der Waals surface area contributed by atoms with Gasteiger partial charge in [-0.1, -0.05) is 6.07 Å². The third kappa shape index (κ3) is 3.43. The molecule has 0 radical (unpaired) electrons. The van der Waals surface area contributed by atoms with Crippen molar-refractivity contribution in [1.29, 1.82) is 0 Å². The first-order chi connectivity index (χ1) is 10.4. The number of carboxylic acids is 1. The van der Waals surface area contributed by atoms with Crippen LogP contribution in [0.2, 0.25) is 0 Å². The number of benzene rings is 1. The summed E-state index contributed by atoms with van der Waals surface area (Å²) in [5.41, 5.74) is 0.776. The number of carbonyl (C=O) groups excluding carboxylic acids is 2. The van der Waals surface area contributed by atoms with E-state index in [1.807, 2.05) is 0 Å². The van der Waals surface area contributed by atoms with E-state index in [0.717, 1.165) is 0 Å². The van der Waals surface area contributed by atoms with Gasteiger partial charge in [-0.3, -0.25) is 9.59 Å². The third-order valence-corrected chi connectivity index (χ3v) is 3.39. The summed E-state index contributed by atoms with van der Waals surface area (Å²) in [5.74, 6) is -1.59. The Labute approximate surface area is 128 Å². The number of hydrogen-bond acceptors (Lipinski definition) is 4. The molecule has 22 heavy (non-hydrogen) atoms. The van der Waals surface area contributed by atoms with E-state index in [2.05, 4.69) is 0 Å². The molecule has 1 saturated heterocycles. The zero-order valence-corrected chi connectivity index (χ0v) is 12.5. The highest BCUT2D eigenvalue weighted by atomic mass is 16.5. The van der Waals surface area contributed by atoms with E-state index in [9.17, 15) is 14.4 Å². The Morgan fingerprint density at radius 3 is 2.59 bits per heavy atom. The van der Waals surface area contributed by atoms with Gasteiger partial charge < -0.3 is 19.6 Å². The molecule has 1 heterocycles. The lowest BCUT2D eigenvalue weighted by Gasteiger charge is -2.31. The first-order valence-electron chi connectivity index (χ1n) is 6.85. The van der Waals surface area contributed by atoms with Crippen LogP contribution in [0.4, 0.5) is 0 Å². The Hall–Kier alpha value is -2.41. The maximum atomic E-state index is 12.5. The summed E-state index contributed by atoms with van der Waals surface area (Å²) in [6, 6.07) is 6.41. The molecule has 1 aliphatic heterocycles. The summed E-state index contributed by atoms with van der Waals surface area (Å²) >= 11 is 0. The van der Waals surface area contributed by atoms with Crippen LogP contribution in [0.25, 0.3) is 0 Å². The Kier molecular flexibility index (Phi) is 4.77. The van der Waals surface area contributed by atoms with Crippen LogP contribution in [0.15, 0.2) is 24.3 Å². The first-order valence-corrected chi connectivity index (χ1v) is 6.85. The molecule has 0 aromatic heterocycles. The highest BCUT2D eigenvalue weighted by Crippen LogP contribution is 2.13. The van der Waals surface area contributed by atoms with Crippen LogP contribution in [-0.2, 0) is 9.53 Å². The molecule has 0 spiro atoms. The largest absolute Gasteiger partial charge is 0.479 e. The minimum absolute atomic E-state index is 0.0000211. The van der Waals surface area contributed by atoms with Crippen LogP contribution in [0.1, 0.15) is 20.7 Å². The maximum Gasteiger partial charge on any atom is 0.334 e. The summed E-state index contributed by atoms with van der Waals surface area (Å²) in [4.78, 5) is 38.2. The predicted octanol–water partition coefficient (Wildman–Crippen LogP) is 0.314. The van der Waals surface area contributed by atoms with Gasteiger partial charge in [0.15, 0.2) is 6.10 Å². The van der Waals surface area contributed by atoms with Gasteiger partial charge in [-0.25, -0.2) is 4.79 Å². The fraction of sp³-hybridized carbons (Fsp3) is 0.400. The van der Waals surface area contributed by atoms with Gasteiger partial charge in [-0.2, -0.15) is 0 Å². The lowest BCUT2D eigenvalue weighted by molar-refractivity contribution is -0.154. The van der Waals surface area contributed by atoms with Crippen molar-refractivity contribution in [2.24, 2.45) is 0 Å². The van der Waals surface area contributed by atoms with Gasteiger partial charge in [-0.15, -0.1) is 0 Å². The summed E-state index contributed by atoms with van der Waals surface area (Å²) < 4.78 is 5.09. The Balaban J connectivity index is 2.17. The van der Waals surface area contributed by atoms with Crippen molar-refractivity contribution in [3.63, 3.8) is 0 Å². The van der Waals surface area contributed by atoms with Crippen molar-refractivity contribution in [3.05, 3.63) is 35.4 Å². The molecule has 118 valence electrons. The van der Waals surface area contributed by atoms with E-state index in [1.54, 1.807) is 32.3 Å². The monoisotopic (exact) mass is 306 g/mol. The van der Waals surface area contributed by atoms with Gasteiger partial charge >= 0.3 is 5.97 Å². The molecule has 2 rings (SSSR count). The highest BCUT2D eigenvalue weighted by Gasteiger charge is 2.29. The van der Waals surface area contributed by atoms with Crippen LogP contribution in [0.5, 0.6) is 0 Å². The van der Waals surface area contributed by atoms with Gasteiger partial charge in [0.2, 0.25) is 0 Å². The highest BCUT2D eigenvalue weighted by molar-refractivity contribution is 5.99. The number of ether oxygens (including phenoxy) is 1. The molecule has 1 atom stereocenters. The molecular weight excluding hydrogens is 288 g/mol. The second-order valence-electron chi connectivity index (χ2n) is 5.23. The molecule has 7 heteroatoms. The summed E-state index contributed by atoms with van der Waals surface area (Å²) in [7, 11) is 3.27. The molecule has 1 aliphatic rings. The molecule has 1 unspecified atom stereocenters. The number of carboxylic acid groups (broad SMARTS) is 1. The number of aliphatic carboxylic acids is 1. The topological polar surface area (TPSA) is 87.2 Å². The van der Waals surface area contributed by atoms with Crippen LogP contribution in [-0.4, -0.2) is 72.6 Å². The van der Waals surface area contributed by atoms with E-state index in [0.29, 0.717) is 17.7 Å². The first kappa shape index (κ1) is 16.0. The minimum atomic E-state index is -1.09. The molecule has 0 saturated carbocycles. The van der Waals surface area contributed by atoms with Crippen LogP contribution in [0, 0.1) is 0 Å². The lowest BCUT2D eigenvalue weighted by Crippen LogP contribution is -2.48. The smallest absolute Gasteiger partial charge is 0.334 e. The molecule has 7 nitrogen and oxygen atoms in total. The molecule has 1 aromatic rings. The third-order valence-electron chi connectivity index (χ3n) is 3.39. The maximum absolute atomic E-state index is 12.5. The SMILES string of the molecule is CN(C)C(=O)c1cccc(C(=O)N2CCOC(C(=O)O)C2)c1. The van der Waals surface area contributed by atoms with Gasteiger partial charge in [0.1, 0.15) is 0 Å². The van der Waals surface area contributed by atoms with Gasteiger partial charge in [0, 0.05) is 31.8 Å².